The topological polar surface area (TPSA) is 44.0 Å². The summed E-state index contributed by atoms with van der Waals surface area (Å²) in [5.74, 6) is 0.195. The van der Waals surface area contributed by atoms with Crippen molar-refractivity contribution in [2.24, 2.45) is 16.7 Å². The molecule has 0 radical (unpaired) electrons. The molecule has 2 nitrogen and oxygen atoms in total. The number of rotatable bonds is 2. The highest BCUT2D eigenvalue weighted by Crippen LogP contribution is 2.52. The molecule has 0 aliphatic heterocycles. The Balaban J connectivity index is 3.00. The van der Waals surface area contributed by atoms with Gasteiger partial charge >= 0.3 is 0 Å². The molecule has 3 unspecified atom stereocenters. The molecule has 0 spiro atoms. The summed E-state index contributed by atoms with van der Waals surface area (Å²) in [6.45, 7) is 10.5. The van der Waals surface area contributed by atoms with Crippen LogP contribution in [0.5, 0.6) is 0 Å². The fourth-order valence-corrected chi connectivity index (χ4v) is 3.18. The second-order valence-electron chi connectivity index (χ2n) is 6.49. The van der Waals surface area contributed by atoms with Crippen LogP contribution in [-0.4, -0.2) is 10.7 Å². The maximum Gasteiger partial charge on any atom is 0.0856 e. The van der Waals surface area contributed by atoms with Crippen molar-refractivity contribution in [2.45, 2.75) is 65.9 Å². The maximum absolute atomic E-state index is 10.9. The van der Waals surface area contributed by atoms with E-state index in [0.717, 1.165) is 19.3 Å². The van der Waals surface area contributed by atoms with Crippen LogP contribution in [0.1, 0.15) is 60.3 Å². The standard InChI is InChI=1S/C14H25NO/c1-6-13(5,10-15)14(16)8-7-12(3,4)9-11(14)2/h11,16H,6-9H2,1-5H3. The van der Waals surface area contributed by atoms with Crippen molar-refractivity contribution in [1.82, 2.24) is 0 Å². The van der Waals surface area contributed by atoms with Crippen molar-refractivity contribution in [3.8, 4) is 6.07 Å². The van der Waals surface area contributed by atoms with Crippen LogP contribution >= 0.6 is 0 Å². The molecule has 0 aromatic carbocycles. The first-order valence-electron chi connectivity index (χ1n) is 6.34. The predicted molar refractivity (Wildman–Crippen MR) is 65.8 cm³/mol. The third kappa shape index (κ3) is 1.98. The van der Waals surface area contributed by atoms with Crippen LogP contribution < -0.4 is 0 Å². The van der Waals surface area contributed by atoms with E-state index < -0.39 is 11.0 Å². The van der Waals surface area contributed by atoms with Crippen molar-refractivity contribution in [2.75, 3.05) is 0 Å². The summed E-state index contributed by atoms with van der Waals surface area (Å²) in [6, 6.07) is 2.35. The fraction of sp³-hybridized carbons (Fsp3) is 0.929. The smallest absolute Gasteiger partial charge is 0.0856 e. The highest BCUT2D eigenvalue weighted by Gasteiger charge is 2.53. The average Bonchev–Trinajstić information content (AvgIpc) is 2.22. The van der Waals surface area contributed by atoms with E-state index in [1.54, 1.807) is 0 Å². The largest absolute Gasteiger partial charge is 0.388 e. The van der Waals surface area contributed by atoms with Crippen molar-refractivity contribution < 1.29 is 5.11 Å². The number of nitriles is 1. The van der Waals surface area contributed by atoms with Gasteiger partial charge in [0.25, 0.3) is 0 Å². The minimum absolute atomic E-state index is 0.195. The Bertz CT molecular complexity index is 304. The van der Waals surface area contributed by atoms with E-state index in [0.29, 0.717) is 11.8 Å². The minimum atomic E-state index is -0.813. The molecule has 1 rings (SSSR count). The molecule has 3 atom stereocenters. The summed E-state index contributed by atoms with van der Waals surface area (Å²) >= 11 is 0. The van der Waals surface area contributed by atoms with Gasteiger partial charge in [0.05, 0.1) is 17.1 Å². The summed E-state index contributed by atoms with van der Waals surface area (Å²) in [5, 5.41) is 20.2. The van der Waals surface area contributed by atoms with E-state index in [1.807, 2.05) is 13.8 Å². The molecule has 1 aliphatic carbocycles. The van der Waals surface area contributed by atoms with Crippen LogP contribution in [0, 0.1) is 28.1 Å². The molecular weight excluding hydrogens is 198 g/mol. The van der Waals surface area contributed by atoms with Crippen LogP contribution in [0.2, 0.25) is 0 Å². The normalized spacial score (nSPS) is 37.4. The zero-order valence-electron chi connectivity index (χ0n) is 11.3. The molecular formula is C14H25NO. The van der Waals surface area contributed by atoms with Crippen LogP contribution in [0.25, 0.3) is 0 Å². The molecule has 1 fully saturated rings. The van der Waals surface area contributed by atoms with Gasteiger partial charge < -0.3 is 5.11 Å². The van der Waals surface area contributed by atoms with Gasteiger partial charge in [-0.3, -0.25) is 0 Å². The summed E-state index contributed by atoms with van der Waals surface area (Å²) in [5.41, 5.74) is -1.12. The second-order valence-corrected chi connectivity index (χ2v) is 6.49. The van der Waals surface area contributed by atoms with Crippen LogP contribution in [0.3, 0.4) is 0 Å². The van der Waals surface area contributed by atoms with Gasteiger partial charge in [0, 0.05) is 0 Å². The van der Waals surface area contributed by atoms with Gasteiger partial charge in [0.15, 0.2) is 0 Å². The van der Waals surface area contributed by atoms with Crippen LogP contribution in [0.4, 0.5) is 0 Å². The van der Waals surface area contributed by atoms with Gasteiger partial charge in [-0.25, -0.2) is 0 Å². The van der Waals surface area contributed by atoms with Crippen molar-refractivity contribution in [3.05, 3.63) is 0 Å². The Labute approximate surface area is 99.7 Å². The van der Waals surface area contributed by atoms with E-state index >= 15 is 0 Å². The van der Waals surface area contributed by atoms with E-state index in [1.165, 1.54) is 0 Å². The predicted octanol–water partition coefficient (Wildman–Crippen LogP) is 3.50. The van der Waals surface area contributed by atoms with E-state index in [-0.39, 0.29) is 5.92 Å². The number of hydrogen-bond donors (Lipinski definition) is 1. The molecule has 16 heavy (non-hydrogen) atoms. The van der Waals surface area contributed by atoms with Gasteiger partial charge in [-0.05, 0) is 43.9 Å². The van der Waals surface area contributed by atoms with E-state index in [4.69, 9.17) is 0 Å². The summed E-state index contributed by atoms with van der Waals surface area (Å²) in [4.78, 5) is 0. The summed E-state index contributed by atoms with van der Waals surface area (Å²) in [6.07, 6.45) is 3.47. The molecule has 0 heterocycles. The van der Waals surface area contributed by atoms with Gasteiger partial charge in [0.1, 0.15) is 0 Å². The van der Waals surface area contributed by atoms with E-state index in [2.05, 4.69) is 26.8 Å². The lowest BCUT2D eigenvalue weighted by Crippen LogP contribution is -2.54. The fourth-order valence-electron chi connectivity index (χ4n) is 3.18. The molecule has 2 heteroatoms. The Kier molecular flexibility index (Phi) is 3.41. The van der Waals surface area contributed by atoms with Crippen molar-refractivity contribution in [3.63, 3.8) is 0 Å². The molecule has 0 bridgehead atoms. The van der Waals surface area contributed by atoms with Gasteiger partial charge in [-0.15, -0.1) is 0 Å². The first-order chi connectivity index (χ1) is 7.21. The Morgan fingerprint density at radius 3 is 2.38 bits per heavy atom. The lowest BCUT2D eigenvalue weighted by atomic mass is 9.56. The zero-order chi connectivity index (χ0) is 12.6. The highest BCUT2D eigenvalue weighted by atomic mass is 16.3. The molecule has 0 aromatic rings. The molecule has 1 N–H and O–H groups in total. The number of hydrogen-bond acceptors (Lipinski definition) is 2. The lowest BCUT2D eigenvalue weighted by molar-refractivity contribution is -0.134. The Morgan fingerprint density at radius 1 is 1.44 bits per heavy atom. The Morgan fingerprint density at radius 2 is 2.00 bits per heavy atom. The number of nitrogens with zero attached hydrogens (tertiary/aromatic N) is 1. The minimum Gasteiger partial charge on any atom is -0.388 e. The second kappa shape index (κ2) is 4.04. The van der Waals surface area contributed by atoms with Gasteiger partial charge in [-0.2, -0.15) is 5.26 Å². The third-order valence-electron chi connectivity index (χ3n) is 4.77. The molecule has 0 saturated heterocycles. The van der Waals surface area contributed by atoms with Gasteiger partial charge in [-0.1, -0.05) is 27.7 Å². The van der Waals surface area contributed by atoms with E-state index in [9.17, 15) is 10.4 Å². The maximum atomic E-state index is 10.9. The monoisotopic (exact) mass is 223 g/mol. The quantitative estimate of drug-likeness (QED) is 0.778. The molecule has 1 aliphatic rings. The third-order valence-corrected chi connectivity index (χ3v) is 4.77. The van der Waals surface area contributed by atoms with Crippen molar-refractivity contribution in [1.29, 1.82) is 5.26 Å². The van der Waals surface area contributed by atoms with Crippen LogP contribution in [0.15, 0.2) is 0 Å². The Hall–Kier alpha value is -0.550. The lowest BCUT2D eigenvalue weighted by Gasteiger charge is -2.51. The number of aliphatic hydroxyl groups is 1. The average molecular weight is 223 g/mol. The first-order valence-corrected chi connectivity index (χ1v) is 6.34. The van der Waals surface area contributed by atoms with Crippen LogP contribution in [-0.2, 0) is 0 Å². The summed E-state index contributed by atoms with van der Waals surface area (Å²) < 4.78 is 0. The first kappa shape index (κ1) is 13.5. The highest BCUT2D eigenvalue weighted by molar-refractivity contribution is 5.12. The summed E-state index contributed by atoms with van der Waals surface area (Å²) in [7, 11) is 0. The SMILES string of the molecule is CCC(C)(C#N)C1(O)CCC(C)(C)CC1C. The van der Waals surface area contributed by atoms with Crippen molar-refractivity contribution >= 4 is 0 Å². The molecule has 0 aromatic heterocycles. The molecule has 1 saturated carbocycles. The van der Waals surface area contributed by atoms with Gasteiger partial charge in [0.2, 0.25) is 0 Å². The molecule has 0 amide bonds. The molecule has 92 valence electrons. The zero-order valence-corrected chi connectivity index (χ0v) is 11.3.